The van der Waals surface area contributed by atoms with Crippen LogP contribution in [0.2, 0.25) is 0 Å². The Morgan fingerprint density at radius 1 is 1.21 bits per heavy atom. The lowest BCUT2D eigenvalue weighted by Gasteiger charge is -2.30. The van der Waals surface area contributed by atoms with E-state index in [1.807, 2.05) is 6.92 Å². The van der Waals surface area contributed by atoms with E-state index >= 15 is 0 Å². The minimum Gasteiger partial charge on any atom is -0.493 e. The van der Waals surface area contributed by atoms with Gasteiger partial charge in [0.05, 0.1) is 20.3 Å². The van der Waals surface area contributed by atoms with Crippen LogP contribution in [0.3, 0.4) is 0 Å². The number of rotatable bonds is 5. The molecule has 0 fully saturated rings. The van der Waals surface area contributed by atoms with E-state index in [0.29, 0.717) is 0 Å². The molecule has 1 atom stereocenters. The monoisotopic (exact) mass is 265 g/mol. The van der Waals surface area contributed by atoms with Crippen LogP contribution in [0.4, 0.5) is 0 Å². The second kappa shape index (κ2) is 6.26. The van der Waals surface area contributed by atoms with E-state index in [0.717, 1.165) is 44.0 Å². The molecular formula is C15H23NO3. The third-order valence-corrected chi connectivity index (χ3v) is 3.74. The normalized spacial score (nSPS) is 16.8. The molecule has 1 aromatic carbocycles. The number of methoxy groups -OCH3 is 2. The number of benzene rings is 1. The molecule has 1 unspecified atom stereocenters. The van der Waals surface area contributed by atoms with Crippen molar-refractivity contribution in [1.29, 1.82) is 0 Å². The summed E-state index contributed by atoms with van der Waals surface area (Å²) in [6.45, 7) is 4.60. The van der Waals surface area contributed by atoms with Crippen LogP contribution in [0.15, 0.2) is 12.1 Å². The molecule has 106 valence electrons. The highest BCUT2D eigenvalue weighted by atomic mass is 16.5. The number of aliphatic hydroxyl groups is 1. The Morgan fingerprint density at radius 3 is 2.42 bits per heavy atom. The number of hydrogen-bond acceptors (Lipinski definition) is 4. The lowest BCUT2D eigenvalue weighted by atomic mass is 9.98. The molecule has 0 bridgehead atoms. The molecule has 1 N–H and O–H groups in total. The van der Waals surface area contributed by atoms with E-state index in [1.165, 1.54) is 11.1 Å². The van der Waals surface area contributed by atoms with E-state index < -0.39 is 0 Å². The van der Waals surface area contributed by atoms with Gasteiger partial charge in [-0.3, -0.25) is 4.90 Å². The van der Waals surface area contributed by atoms with Gasteiger partial charge in [0.25, 0.3) is 0 Å². The Labute approximate surface area is 114 Å². The Morgan fingerprint density at radius 2 is 1.84 bits per heavy atom. The summed E-state index contributed by atoms with van der Waals surface area (Å²) in [6, 6.07) is 4.13. The molecular weight excluding hydrogens is 242 g/mol. The SMILES string of the molecule is CCC(O)CN1CCc2cc(OC)c(OC)cc2C1. The van der Waals surface area contributed by atoms with Crippen molar-refractivity contribution in [2.24, 2.45) is 0 Å². The van der Waals surface area contributed by atoms with Crippen LogP contribution in [0.25, 0.3) is 0 Å². The van der Waals surface area contributed by atoms with Gasteiger partial charge in [-0.15, -0.1) is 0 Å². The predicted molar refractivity (Wildman–Crippen MR) is 74.8 cm³/mol. The quantitative estimate of drug-likeness (QED) is 0.882. The van der Waals surface area contributed by atoms with Gasteiger partial charge in [-0.05, 0) is 36.1 Å². The minimum atomic E-state index is -0.235. The lowest BCUT2D eigenvalue weighted by molar-refractivity contribution is 0.102. The fourth-order valence-electron chi connectivity index (χ4n) is 2.52. The summed E-state index contributed by atoms with van der Waals surface area (Å²) in [5.41, 5.74) is 2.59. The van der Waals surface area contributed by atoms with Crippen molar-refractivity contribution in [2.75, 3.05) is 27.3 Å². The Bertz CT molecular complexity index is 434. The molecule has 1 heterocycles. The van der Waals surface area contributed by atoms with Gasteiger partial charge in [-0.1, -0.05) is 6.92 Å². The molecule has 0 saturated heterocycles. The van der Waals surface area contributed by atoms with Crippen molar-refractivity contribution in [3.8, 4) is 11.5 Å². The fraction of sp³-hybridized carbons (Fsp3) is 0.600. The Balaban J connectivity index is 2.15. The van der Waals surface area contributed by atoms with Gasteiger partial charge in [0.15, 0.2) is 11.5 Å². The van der Waals surface area contributed by atoms with Gasteiger partial charge in [-0.25, -0.2) is 0 Å². The third kappa shape index (κ3) is 3.19. The second-order valence-corrected chi connectivity index (χ2v) is 5.02. The van der Waals surface area contributed by atoms with Crippen LogP contribution in [0, 0.1) is 0 Å². The zero-order valence-corrected chi connectivity index (χ0v) is 12.0. The van der Waals surface area contributed by atoms with Crippen molar-refractivity contribution in [1.82, 2.24) is 4.90 Å². The Kier molecular flexibility index (Phi) is 4.66. The second-order valence-electron chi connectivity index (χ2n) is 5.02. The predicted octanol–water partition coefficient (Wildman–Crippen LogP) is 1.83. The summed E-state index contributed by atoms with van der Waals surface area (Å²) in [6.07, 6.45) is 1.56. The van der Waals surface area contributed by atoms with E-state index in [-0.39, 0.29) is 6.10 Å². The standard InChI is InChI=1S/C15H23NO3/c1-4-13(17)10-16-6-5-11-7-14(18-2)15(19-3)8-12(11)9-16/h7-8,13,17H,4-6,9-10H2,1-3H3. The summed E-state index contributed by atoms with van der Waals surface area (Å²) in [4.78, 5) is 2.29. The van der Waals surface area contributed by atoms with Crippen molar-refractivity contribution in [2.45, 2.75) is 32.4 Å². The number of fused-ring (bicyclic) bond motifs is 1. The molecule has 4 heteroatoms. The molecule has 0 spiro atoms. The first-order valence-corrected chi connectivity index (χ1v) is 6.82. The smallest absolute Gasteiger partial charge is 0.161 e. The van der Waals surface area contributed by atoms with Gasteiger partial charge < -0.3 is 14.6 Å². The van der Waals surface area contributed by atoms with Crippen LogP contribution in [-0.4, -0.2) is 43.4 Å². The van der Waals surface area contributed by atoms with Gasteiger partial charge in [0.2, 0.25) is 0 Å². The molecule has 1 aromatic rings. The summed E-state index contributed by atoms with van der Waals surface area (Å²) >= 11 is 0. The first-order valence-electron chi connectivity index (χ1n) is 6.82. The molecule has 0 amide bonds. The van der Waals surface area contributed by atoms with E-state index in [1.54, 1.807) is 14.2 Å². The van der Waals surface area contributed by atoms with Crippen LogP contribution in [0.1, 0.15) is 24.5 Å². The highest BCUT2D eigenvalue weighted by Crippen LogP contribution is 2.33. The van der Waals surface area contributed by atoms with Gasteiger partial charge in [0, 0.05) is 19.6 Å². The van der Waals surface area contributed by atoms with Crippen LogP contribution in [-0.2, 0) is 13.0 Å². The zero-order chi connectivity index (χ0) is 13.8. The molecule has 0 radical (unpaired) electrons. The van der Waals surface area contributed by atoms with Crippen molar-refractivity contribution in [3.63, 3.8) is 0 Å². The number of aliphatic hydroxyl groups excluding tert-OH is 1. The Hall–Kier alpha value is -1.26. The number of ether oxygens (including phenoxy) is 2. The first kappa shape index (κ1) is 14.2. The van der Waals surface area contributed by atoms with Crippen LogP contribution < -0.4 is 9.47 Å². The van der Waals surface area contributed by atoms with Crippen molar-refractivity contribution < 1.29 is 14.6 Å². The van der Waals surface area contributed by atoms with Gasteiger partial charge in [0.1, 0.15) is 0 Å². The summed E-state index contributed by atoms with van der Waals surface area (Å²) in [5.74, 6) is 1.57. The fourth-order valence-corrected chi connectivity index (χ4v) is 2.52. The maximum Gasteiger partial charge on any atom is 0.161 e. The van der Waals surface area contributed by atoms with E-state index in [4.69, 9.17) is 9.47 Å². The van der Waals surface area contributed by atoms with Crippen LogP contribution >= 0.6 is 0 Å². The third-order valence-electron chi connectivity index (χ3n) is 3.74. The van der Waals surface area contributed by atoms with Crippen molar-refractivity contribution in [3.05, 3.63) is 23.3 Å². The highest BCUT2D eigenvalue weighted by Gasteiger charge is 2.20. The molecule has 0 aromatic heterocycles. The van der Waals surface area contributed by atoms with Crippen LogP contribution in [0.5, 0.6) is 11.5 Å². The zero-order valence-electron chi connectivity index (χ0n) is 12.0. The summed E-state index contributed by atoms with van der Waals surface area (Å²) in [7, 11) is 3.32. The van der Waals surface area contributed by atoms with Crippen molar-refractivity contribution >= 4 is 0 Å². The van der Waals surface area contributed by atoms with Gasteiger partial charge >= 0.3 is 0 Å². The highest BCUT2D eigenvalue weighted by molar-refractivity contribution is 5.48. The largest absolute Gasteiger partial charge is 0.493 e. The average molecular weight is 265 g/mol. The molecule has 1 aliphatic heterocycles. The number of hydrogen-bond donors (Lipinski definition) is 1. The molecule has 1 aliphatic rings. The molecule has 4 nitrogen and oxygen atoms in total. The maximum atomic E-state index is 9.75. The molecule has 2 rings (SSSR count). The average Bonchev–Trinajstić information content (AvgIpc) is 2.45. The van der Waals surface area contributed by atoms with E-state index in [2.05, 4.69) is 17.0 Å². The minimum absolute atomic E-state index is 0.235. The maximum absolute atomic E-state index is 9.75. The summed E-state index contributed by atoms with van der Waals surface area (Å²) in [5, 5.41) is 9.75. The molecule has 19 heavy (non-hydrogen) atoms. The van der Waals surface area contributed by atoms with Gasteiger partial charge in [-0.2, -0.15) is 0 Å². The molecule has 0 aliphatic carbocycles. The lowest BCUT2D eigenvalue weighted by Crippen LogP contribution is -2.36. The summed E-state index contributed by atoms with van der Waals surface area (Å²) < 4.78 is 10.7. The topological polar surface area (TPSA) is 41.9 Å². The first-order chi connectivity index (χ1) is 9.17. The molecule has 0 saturated carbocycles. The van der Waals surface area contributed by atoms with E-state index in [9.17, 15) is 5.11 Å². The number of nitrogens with zero attached hydrogens (tertiary/aromatic N) is 1. The number of β-amino-alcohol motifs (C(OH)–C–C–N with tert-alkyl or cyclic N) is 1.